The van der Waals surface area contributed by atoms with E-state index in [4.69, 9.17) is 4.74 Å². The van der Waals surface area contributed by atoms with Crippen LogP contribution in [0.25, 0.3) is 0 Å². The van der Waals surface area contributed by atoms with Crippen LogP contribution in [-0.2, 0) is 16.0 Å². The van der Waals surface area contributed by atoms with Gasteiger partial charge in [-0.25, -0.2) is 0 Å². The Hall–Kier alpha value is -2.82. The summed E-state index contributed by atoms with van der Waals surface area (Å²) in [6.07, 6.45) is 0.493. The number of benzene rings is 2. The zero-order valence-electron chi connectivity index (χ0n) is 15.6. The minimum absolute atomic E-state index is 0.159. The number of rotatable bonds is 8. The molecule has 2 amide bonds. The summed E-state index contributed by atoms with van der Waals surface area (Å²) in [5, 5.41) is 2.81. The number of aryl methyl sites for hydroxylation is 1. The van der Waals surface area contributed by atoms with Crippen LogP contribution < -0.4 is 15.0 Å². The average molecular weight is 354 g/mol. The molecule has 0 spiro atoms. The van der Waals surface area contributed by atoms with Crippen molar-refractivity contribution in [3.05, 3.63) is 59.7 Å². The summed E-state index contributed by atoms with van der Waals surface area (Å²) >= 11 is 0. The molecule has 2 aromatic carbocycles. The molecule has 0 saturated heterocycles. The molecule has 138 valence electrons. The maximum absolute atomic E-state index is 12.5. The van der Waals surface area contributed by atoms with Gasteiger partial charge < -0.3 is 15.0 Å². The van der Waals surface area contributed by atoms with Gasteiger partial charge >= 0.3 is 0 Å². The number of carbonyl (C=O) groups excluding carboxylic acids is 2. The lowest BCUT2D eigenvalue weighted by atomic mass is 10.1. The first kappa shape index (κ1) is 19.5. The predicted octanol–water partition coefficient (Wildman–Crippen LogP) is 3.11. The number of methoxy groups -OCH3 is 1. The van der Waals surface area contributed by atoms with E-state index in [0.29, 0.717) is 19.5 Å². The maximum atomic E-state index is 12.5. The second-order valence-corrected chi connectivity index (χ2v) is 6.07. The summed E-state index contributed by atoms with van der Waals surface area (Å²) in [5.41, 5.74) is 2.92. The monoisotopic (exact) mass is 354 g/mol. The minimum atomic E-state index is -0.268. The van der Waals surface area contributed by atoms with Crippen molar-refractivity contribution in [1.29, 1.82) is 0 Å². The van der Waals surface area contributed by atoms with E-state index in [2.05, 4.69) is 5.32 Å². The second-order valence-electron chi connectivity index (χ2n) is 6.07. The highest BCUT2D eigenvalue weighted by Gasteiger charge is 2.17. The molecule has 0 unspecified atom stereocenters. The Labute approximate surface area is 155 Å². The molecule has 0 aromatic heterocycles. The molecular weight excluding hydrogens is 328 g/mol. The molecule has 1 N–H and O–H groups in total. The average Bonchev–Trinajstić information content (AvgIpc) is 2.62. The van der Waals surface area contributed by atoms with Crippen molar-refractivity contribution in [3.63, 3.8) is 0 Å². The van der Waals surface area contributed by atoms with Crippen LogP contribution in [0, 0.1) is 6.92 Å². The van der Waals surface area contributed by atoms with Gasteiger partial charge in [0.2, 0.25) is 11.8 Å². The Bertz CT molecular complexity index is 758. The van der Waals surface area contributed by atoms with E-state index in [1.807, 2.05) is 62.4 Å². The van der Waals surface area contributed by atoms with Crippen molar-refractivity contribution in [2.75, 3.05) is 25.1 Å². The fourth-order valence-corrected chi connectivity index (χ4v) is 2.84. The van der Waals surface area contributed by atoms with Gasteiger partial charge in [-0.15, -0.1) is 0 Å². The van der Waals surface area contributed by atoms with Gasteiger partial charge in [-0.2, -0.15) is 0 Å². The van der Waals surface area contributed by atoms with Crippen molar-refractivity contribution < 1.29 is 14.3 Å². The molecule has 0 aliphatic carbocycles. The van der Waals surface area contributed by atoms with E-state index in [0.717, 1.165) is 22.6 Å². The number of hydrogen-bond donors (Lipinski definition) is 1. The standard InChI is InChI=1S/C21H26N2O3/c1-4-23(18-10-7-8-16(2)14-18)21(25)15-20(24)22-13-12-17-9-5-6-11-19(17)26-3/h5-11,14H,4,12-13,15H2,1-3H3,(H,22,24). The third-order valence-corrected chi connectivity index (χ3v) is 4.15. The highest BCUT2D eigenvalue weighted by atomic mass is 16.5. The lowest BCUT2D eigenvalue weighted by Gasteiger charge is -2.21. The molecule has 0 heterocycles. The zero-order valence-corrected chi connectivity index (χ0v) is 15.6. The van der Waals surface area contributed by atoms with Gasteiger partial charge in [-0.05, 0) is 49.6 Å². The highest BCUT2D eigenvalue weighted by Crippen LogP contribution is 2.18. The lowest BCUT2D eigenvalue weighted by Crippen LogP contribution is -2.36. The van der Waals surface area contributed by atoms with E-state index < -0.39 is 0 Å². The van der Waals surface area contributed by atoms with E-state index >= 15 is 0 Å². The number of hydrogen-bond acceptors (Lipinski definition) is 3. The molecule has 26 heavy (non-hydrogen) atoms. The van der Waals surface area contributed by atoms with Gasteiger partial charge in [0.25, 0.3) is 0 Å². The molecule has 0 saturated carbocycles. The van der Waals surface area contributed by atoms with Gasteiger partial charge in [0.1, 0.15) is 12.2 Å². The summed E-state index contributed by atoms with van der Waals surface area (Å²) in [5.74, 6) is 0.332. The Kier molecular flexibility index (Phi) is 7.21. The van der Waals surface area contributed by atoms with Gasteiger partial charge in [-0.3, -0.25) is 9.59 Å². The lowest BCUT2D eigenvalue weighted by molar-refractivity contribution is -0.127. The first-order valence-corrected chi connectivity index (χ1v) is 8.80. The smallest absolute Gasteiger partial charge is 0.236 e. The number of carbonyl (C=O) groups is 2. The molecule has 2 rings (SSSR count). The van der Waals surface area contributed by atoms with Crippen LogP contribution in [0.5, 0.6) is 5.75 Å². The van der Waals surface area contributed by atoms with Crippen LogP contribution in [0.4, 0.5) is 5.69 Å². The SMILES string of the molecule is CCN(C(=O)CC(=O)NCCc1ccccc1OC)c1cccc(C)c1. The van der Waals surface area contributed by atoms with Crippen LogP contribution in [0.15, 0.2) is 48.5 Å². The van der Waals surface area contributed by atoms with E-state index in [9.17, 15) is 9.59 Å². The summed E-state index contributed by atoms with van der Waals surface area (Å²) in [4.78, 5) is 26.2. The van der Waals surface area contributed by atoms with E-state index in [-0.39, 0.29) is 18.2 Å². The number of ether oxygens (including phenoxy) is 1. The number of anilines is 1. The molecule has 0 aliphatic rings. The van der Waals surface area contributed by atoms with Gasteiger partial charge in [0.05, 0.1) is 7.11 Å². The number of para-hydroxylation sites is 1. The van der Waals surface area contributed by atoms with Crippen LogP contribution in [0.3, 0.4) is 0 Å². The van der Waals surface area contributed by atoms with Gasteiger partial charge in [0, 0.05) is 18.8 Å². The largest absolute Gasteiger partial charge is 0.496 e. The normalized spacial score (nSPS) is 10.3. The highest BCUT2D eigenvalue weighted by molar-refractivity contribution is 6.04. The predicted molar refractivity (Wildman–Crippen MR) is 104 cm³/mol. The third-order valence-electron chi connectivity index (χ3n) is 4.15. The van der Waals surface area contributed by atoms with E-state index in [1.165, 1.54) is 0 Å². The van der Waals surface area contributed by atoms with Crippen molar-refractivity contribution in [1.82, 2.24) is 5.32 Å². The number of nitrogens with zero attached hydrogens (tertiary/aromatic N) is 1. The molecule has 0 radical (unpaired) electrons. The Balaban J connectivity index is 1.87. The summed E-state index contributed by atoms with van der Waals surface area (Å²) < 4.78 is 5.30. The molecular formula is C21H26N2O3. The van der Waals surface area contributed by atoms with Gasteiger partial charge in [-0.1, -0.05) is 30.3 Å². The van der Waals surface area contributed by atoms with Crippen molar-refractivity contribution in [3.8, 4) is 5.75 Å². The van der Waals surface area contributed by atoms with Crippen molar-refractivity contribution >= 4 is 17.5 Å². The Morgan fingerprint density at radius 3 is 2.58 bits per heavy atom. The molecule has 0 bridgehead atoms. The molecule has 2 aromatic rings. The topological polar surface area (TPSA) is 58.6 Å². The third kappa shape index (κ3) is 5.34. The molecule has 5 nitrogen and oxygen atoms in total. The zero-order chi connectivity index (χ0) is 18.9. The quantitative estimate of drug-likeness (QED) is 0.741. The van der Waals surface area contributed by atoms with Gasteiger partial charge in [0.15, 0.2) is 0 Å². The van der Waals surface area contributed by atoms with Crippen LogP contribution in [-0.4, -0.2) is 32.0 Å². The molecule has 0 atom stereocenters. The first-order valence-electron chi connectivity index (χ1n) is 8.80. The van der Waals surface area contributed by atoms with Crippen molar-refractivity contribution in [2.45, 2.75) is 26.7 Å². The molecule has 0 aliphatic heterocycles. The van der Waals surface area contributed by atoms with E-state index in [1.54, 1.807) is 12.0 Å². The van der Waals surface area contributed by atoms with Crippen LogP contribution in [0.1, 0.15) is 24.5 Å². The van der Waals surface area contributed by atoms with Crippen LogP contribution >= 0.6 is 0 Å². The number of nitrogens with one attached hydrogen (secondary N) is 1. The fraction of sp³-hybridized carbons (Fsp3) is 0.333. The minimum Gasteiger partial charge on any atom is -0.496 e. The Morgan fingerprint density at radius 2 is 1.88 bits per heavy atom. The maximum Gasteiger partial charge on any atom is 0.236 e. The number of amides is 2. The summed E-state index contributed by atoms with van der Waals surface area (Å²) in [6, 6.07) is 15.4. The van der Waals surface area contributed by atoms with Crippen molar-refractivity contribution in [2.24, 2.45) is 0 Å². The summed E-state index contributed by atoms with van der Waals surface area (Å²) in [6.45, 7) is 4.87. The Morgan fingerprint density at radius 1 is 1.12 bits per heavy atom. The first-order chi connectivity index (χ1) is 12.5. The van der Waals surface area contributed by atoms with Crippen LogP contribution in [0.2, 0.25) is 0 Å². The second kappa shape index (κ2) is 9.61. The summed E-state index contributed by atoms with van der Waals surface area (Å²) in [7, 11) is 1.63. The fourth-order valence-electron chi connectivity index (χ4n) is 2.84. The molecule has 0 fully saturated rings. The molecule has 5 heteroatoms.